The van der Waals surface area contributed by atoms with Gasteiger partial charge in [0, 0.05) is 12.8 Å². The van der Waals surface area contributed by atoms with E-state index < -0.39 is 5.60 Å². The summed E-state index contributed by atoms with van der Waals surface area (Å²) in [6.07, 6.45) is 2.74. The van der Waals surface area contributed by atoms with Crippen molar-refractivity contribution in [3.63, 3.8) is 0 Å². The predicted octanol–water partition coefficient (Wildman–Crippen LogP) is 3.30. The molecule has 0 bridgehead atoms. The third kappa shape index (κ3) is 3.08. The van der Waals surface area contributed by atoms with Crippen LogP contribution in [0.25, 0.3) is 0 Å². The zero-order chi connectivity index (χ0) is 14.9. The predicted molar refractivity (Wildman–Crippen MR) is 80.1 cm³/mol. The van der Waals surface area contributed by atoms with Crippen molar-refractivity contribution in [2.75, 3.05) is 7.11 Å². The highest BCUT2D eigenvalue weighted by Gasteiger charge is 2.32. The van der Waals surface area contributed by atoms with E-state index in [4.69, 9.17) is 4.74 Å². The van der Waals surface area contributed by atoms with Gasteiger partial charge in [-0.3, -0.25) is 0 Å². The Balaban J connectivity index is 1.81. The van der Waals surface area contributed by atoms with Crippen LogP contribution in [0.2, 0.25) is 0 Å². The number of hydrogen-bond donors (Lipinski definition) is 1. The van der Waals surface area contributed by atoms with Crippen LogP contribution in [0, 0.1) is 5.82 Å². The fraction of sp³-hybridized carbons (Fsp3) is 0.333. The Labute approximate surface area is 124 Å². The molecule has 0 aromatic heterocycles. The number of halogens is 1. The van der Waals surface area contributed by atoms with Crippen molar-refractivity contribution in [2.45, 2.75) is 31.3 Å². The summed E-state index contributed by atoms with van der Waals surface area (Å²) in [6, 6.07) is 12.4. The van der Waals surface area contributed by atoms with Gasteiger partial charge in [0.15, 0.2) is 0 Å². The van der Waals surface area contributed by atoms with Crippen molar-refractivity contribution in [1.29, 1.82) is 0 Å². The monoisotopic (exact) mass is 286 g/mol. The molecule has 2 nitrogen and oxygen atoms in total. The summed E-state index contributed by atoms with van der Waals surface area (Å²) in [5.74, 6) is 0.573. The van der Waals surface area contributed by atoms with Gasteiger partial charge in [-0.25, -0.2) is 4.39 Å². The molecule has 1 aliphatic rings. The van der Waals surface area contributed by atoms with Crippen LogP contribution in [-0.4, -0.2) is 17.8 Å². The Morgan fingerprint density at radius 1 is 1.14 bits per heavy atom. The van der Waals surface area contributed by atoms with Crippen LogP contribution in [0.15, 0.2) is 42.5 Å². The second-order valence-electron chi connectivity index (χ2n) is 5.84. The standard InChI is InChI=1S/C18H19FO2/c1-21-17-7-4-14-8-9-18(20,12-15(14)10-17)11-13-2-5-16(19)6-3-13/h2-7,10,20H,8-9,11-12H2,1H3. The molecular weight excluding hydrogens is 267 g/mol. The van der Waals surface area contributed by atoms with Crippen molar-refractivity contribution in [3.8, 4) is 5.75 Å². The van der Waals surface area contributed by atoms with Crippen LogP contribution >= 0.6 is 0 Å². The first-order valence-corrected chi connectivity index (χ1v) is 7.21. The molecule has 2 aromatic rings. The maximum Gasteiger partial charge on any atom is 0.123 e. The number of fused-ring (bicyclic) bond motifs is 1. The molecule has 2 aromatic carbocycles. The quantitative estimate of drug-likeness (QED) is 0.938. The highest BCUT2D eigenvalue weighted by Crippen LogP contribution is 2.33. The molecule has 0 aliphatic heterocycles. The molecule has 1 atom stereocenters. The summed E-state index contributed by atoms with van der Waals surface area (Å²) in [4.78, 5) is 0. The van der Waals surface area contributed by atoms with Gasteiger partial charge in [-0.1, -0.05) is 18.2 Å². The van der Waals surface area contributed by atoms with Gasteiger partial charge < -0.3 is 9.84 Å². The van der Waals surface area contributed by atoms with Gasteiger partial charge in [-0.05, 0) is 53.8 Å². The normalized spacial score (nSPS) is 20.9. The van der Waals surface area contributed by atoms with Gasteiger partial charge in [0.25, 0.3) is 0 Å². The fourth-order valence-corrected chi connectivity index (χ4v) is 3.08. The van der Waals surface area contributed by atoms with E-state index in [1.54, 1.807) is 19.2 Å². The SMILES string of the molecule is COc1ccc2c(c1)CC(O)(Cc1ccc(F)cc1)CC2. The molecular formula is C18H19FO2. The van der Waals surface area contributed by atoms with Crippen molar-refractivity contribution in [1.82, 2.24) is 0 Å². The maximum atomic E-state index is 13.0. The van der Waals surface area contributed by atoms with E-state index in [9.17, 15) is 9.50 Å². The number of benzene rings is 2. The topological polar surface area (TPSA) is 29.5 Å². The lowest BCUT2D eigenvalue weighted by molar-refractivity contribution is 0.0266. The van der Waals surface area contributed by atoms with Gasteiger partial charge in [-0.15, -0.1) is 0 Å². The first-order valence-electron chi connectivity index (χ1n) is 7.21. The van der Waals surface area contributed by atoms with Crippen molar-refractivity contribution < 1.29 is 14.2 Å². The van der Waals surface area contributed by atoms with E-state index >= 15 is 0 Å². The summed E-state index contributed by atoms with van der Waals surface area (Å²) < 4.78 is 18.2. The molecule has 0 fully saturated rings. The molecule has 0 spiro atoms. The molecule has 110 valence electrons. The molecule has 3 heteroatoms. The number of ether oxygens (including phenoxy) is 1. The van der Waals surface area contributed by atoms with Crippen LogP contribution in [0.1, 0.15) is 23.1 Å². The Morgan fingerprint density at radius 3 is 2.62 bits per heavy atom. The number of methoxy groups -OCH3 is 1. The first-order chi connectivity index (χ1) is 10.1. The Bertz CT molecular complexity index is 636. The molecule has 0 saturated carbocycles. The van der Waals surface area contributed by atoms with Crippen molar-refractivity contribution in [3.05, 3.63) is 65.0 Å². The van der Waals surface area contributed by atoms with E-state index in [1.807, 2.05) is 12.1 Å². The van der Waals surface area contributed by atoms with Crippen LogP contribution in [0.3, 0.4) is 0 Å². The lowest BCUT2D eigenvalue weighted by Crippen LogP contribution is -2.38. The molecule has 0 saturated heterocycles. The summed E-state index contributed by atoms with van der Waals surface area (Å²) in [5.41, 5.74) is 2.62. The van der Waals surface area contributed by atoms with Crippen LogP contribution in [0.5, 0.6) is 5.75 Å². The fourth-order valence-electron chi connectivity index (χ4n) is 3.08. The van der Waals surface area contributed by atoms with Gasteiger partial charge >= 0.3 is 0 Å². The summed E-state index contributed by atoms with van der Waals surface area (Å²) >= 11 is 0. The second kappa shape index (κ2) is 5.49. The zero-order valence-corrected chi connectivity index (χ0v) is 12.1. The Hall–Kier alpha value is -1.87. The van der Waals surface area contributed by atoms with Crippen molar-refractivity contribution >= 4 is 0 Å². The minimum atomic E-state index is -0.767. The largest absolute Gasteiger partial charge is 0.497 e. The molecule has 1 aliphatic carbocycles. The van der Waals surface area contributed by atoms with Crippen LogP contribution in [0.4, 0.5) is 4.39 Å². The number of aryl methyl sites for hydroxylation is 1. The smallest absolute Gasteiger partial charge is 0.123 e. The van der Waals surface area contributed by atoms with Crippen molar-refractivity contribution in [2.24, 2.45) is 0 Å². The Kier molecular flexibility index (Phi) is 3.68. The third-order valence-electron chi connectivity index (χ3n) is 4.24. The highest BCUT2D eigenvalue weighted by atomic mass is 19.1. The number of aliphatic hydroxyl groups is 1. The maximum absolute atomic E-state index is 13.0. The van der Waals surface area contributed by atoms with E-state index in [-0.39, 0.29) is 5.82 Å². The molecule has 0 amide bonds. The van der Waals surface area contributed by atoms with Gasteiger partial charge in [0.2, 0.25) is 0 Å². The molecule has 1 unspecified atom stereocenters. The average Bonchev–Trinajstić information content (AvgIpc) is 2.48. The minimum Gasteiger partial charge on any atom is -0.497 e. The second-order valence-corrected chi connectivity index (χ2v) is 5.84. The molecule has 21 heavy (non-hydrogen) atoms. The molecule has 0 heterocycles. The molecule has 3 rings (SSSR count). The van der Waals surface area contributed by atoms with E-state index in [1.165, 1.54) is 17.7 Å². The third-order valence-corrected chi connectivity index (χ3v) is 4.24. The van der Waals surface area contributed by atoms with Gasteiger partial charge in [0.05, 0.1) is 12.7 Å². The minimum absolute atomic E-state index is 0.246. The summed E-state index contributed by atoms with van der Waals surface area (Å²) in [6.45, 7) is 0. The summed E-state index contributed by atoms with van der Waals surface area (Å²) in [5, 5.41) is 10.9. The van der Waals surface area contributed by atoms with E-state index in [0.29, 0.717) is 12.8 Å². The number of rotatable bonds is 3. The van der Waals surface area contributed by atoms with Gasteiger partial charge in [0.1, 0.15) is 11.6 Å². The van der Waals surface area contributed by atoms with E-state index in [2.05, 4.69) is 6.07 Å². The average molecular weight is 286 g/mol. The molecule has 0 radical (unpaired) electrons. The zero-order valence-electron chi connectivity index (χ0n) is 12.1. The van der Waals surface area contributed by atoms with E-state index in [0.717, 1.165) is 29.7 Å². The lowest BCUT2D eigenvalue weighted by atomic mass is 9.77. The molecule has 1 N–H and O–H groups in total. The van der Waals surface area contributed by atoms with Gasteiger partial charge in [-0.2, -0.15) is 0 Å². The Morgan fingerprint density at radius 2 is 1.90 bits per heavy atom. The summed E-state index contributed by atoms with van der Waals surface area (Å²) in [7, 11) is 1.65. The highest BCUT2D eigenvalue weighted by molar-refractivity contribution is 5.39. The lowest BCUT2D eigenvalue weighted by Gasteiger charge is -2.34. The number of hydrogen-bond acceptors (Lipinski definition) is 2. The van der Waals surface area contributed by atoms with Crippen LogP contribution < -0.4 is 4.74 Å². The van der Waals surface area contributed by atoms with Crippen LogP contribution in [-0.2, 0) is 19.3 Å². The first kappa shape index (κ1) is 14.1.